The van der Waals surface area contributed by atoms with Gasteiger partial charge in [-0.25, -0.2) is 4.31 Å². The Kier molecular flexibility index (Phi) is 6.20. The van der Waals surface area contributed by atoms with Crippen LogP contribution in [0, 0.1) is 0 Å². The Labute approximate surface area is 125 Å². The highest BCUT2D eigenvalue weighted by Gasteiger charge is 2.26. The minimum atomic E-state index is -1.40. The summed E-state index contributed by atoms with van der Waals surface area (Å²) in [5, 5.41) is 0. The number of hydrogen-bond donors (Lipinski definition) is 2. The third-order valence-corrected chi connectivity index (χ3v) is 5.74. The van der Waals surface area contributed by atoms with Gasteiger partial charge in [0.2, 0.25) is 0 Å². The molecule has 2 unspecified atom stereocenters. The third-order valence-electron chi connectivity index (χ3n) is 3.31. The summed E-state index contributed by atoms with van der Waals surface area (Å²) in [5.74, 6) is 0. The molecule has 2 atom stereocenters. The maximum Gasteiger partial charge on any atom is 0.176 e. The van der Waals surface area contributed by atoms with Crippen LogP contribution in [-0.4, -0.2) is 26.6 Å². The molecule has 0 aliphatic carbocycles. The van der Waals surface area contributed by atoms with E-state index in [4.69, 9.17) is 17.7 Å². The highest BCUT2D eigenvalue weighted by molar-refractivity contribution is 8.52. The van der Waals surface area contributed by atoms with Crippen molar-refractivity contribution in [1.29, 1.82) is 0 Å². The molecule has 0 radical (unpaired) electrons. The monoisotopic (exact) mass is 314 g/mol. The van der Waals surface area contributed by atoms with Crippen LogP contribution >= 0.6 is 31.3 Å². The Bertz CT molecular complexity index is 416. The Balaban J connectivity index is 1.83. The van der Waals surface area contributed by atoms with Crippen molar-refractivity contribution in [1.82, 2.24) is 4.31 Å². The summed E-state index contributed by atoms with van der Waals surface area (Å²) in [5.41, 5.74) is 6.65. The molecule has 0 amide bonds. The minimum absolute atomic E-state index is 0.493. The van der Waals surface area contributed by atoms with Crippen LogP contribution in [0.3, 0.4) is 0 Å². The van der Waals surface area contributed by atoms with E-state index in [9.17, 15) is 4.89 Å². The lowest BCUT2D eigenvalue weighted by Gasteiger charge is -2.23. The summed E-state index contributed by atoms with van der Waals surface area (Å²) in [7, 11) is -1.40. The van der Waals surface area contributed by atoms with E-state index in [-0.39, 0.29) is 0 Å². The number of thiocarbonyl (C=S) groups is 1. The maximum absolute atomic E-state index is 9.32. The summed E-state index contributed by atoms with van der Waals surface area (Å²) < 4.78 is 2.24. The molecular formula is C13H19N2OPS2. The summed E-state index contributed by atoms with van der Waals surface area (Å²) in [6, 6.07) is 10.7. The molecule has 1 aliphatic rings. The largest absolute Gasteiger partial charge is 0.351 e. The topological polar surface area (TPSA) is 49.5 Å². The second-order valence-electron chi connectivity index (χ2n) is 4.65. The third kappa shape index (κ3) is 4.78. The maximum atomic E-state index is 9.32. The second kappa shape index (κ2) is 7.67. The quantitative estimate of drug-likeness (QED) is 0.364. The molecule has 6 heteroatoms. The van der Waals surface area contributed by atoms with Gasteiger partial charge in [-0.1, -0.05) is 42.5 Å². The molecule has 19 heavy (non-hydrogen) atoms. The van der Waals surface area contributed by atoms with Crippen LogP contribution in [-0.2, 0) is 0 Å². The van der Waals surface area contributed by atoms with Crippen LogP contribution < -0.4 is 5.50 Å². The van der Waals surface area contributed by atoms with E-state index in [1.165, 1.54) is 24.4 Å². The van der Waals surface area contributed by atoms with E-state index in [2.05, 4.69) is 16.4 Å². The lowest BCUT2D eigenvalue weighted by atomic mass is 10.0. The van der Waals surface area contributed by atoms with Gasteiger partial charge in [-0.05, 0) is 42.8 Å². The van der Waals surface area contributed by atoms with Crippen molar-refractivity contribution in [3.05, 3.63) is 35.9 Å². The second-order valence-corrected chi connectivity index (χ2v) is 7.99. The van der Waals surface area contributed by atoms with Crippen LogP contribution in [0.1, 0.15) is 31.2 Å². The first-order valence-corrected chi connectivity index (χ1v) is 9.58. The number of rotatable bonds is 6. The molecule has 3 nitrogen and oxygen atoms in total. The fraction of sp³-hybridized carbons (Fsp3) is 0.462. The molecule has 0 aromatic heterocycles. The first kappa shape index (κ1) is 15.4. The number of nitrogens with two attached hydrogens (primary N) is 1. The zero-order valence-corrected chi connectivity index (χ0v) is 13.3. The highest BCUT2D eigenvalue weighted by Crippen LogP contribution is 2.44. The fourth-order valence-corrected chi connectivity index (χ4v) is 4.69. The summed E-state index contributed by atoms with van der Waals surface area (Å²) >= 11 is 6.89. The van der Waals surface area contributed by atoms with Crippen molar-refractivity contribution in [3.63, 3.8) is 0 Å². The Morgan fingerprint density at radius 2 is 2.21 bits per heavy atom. The van der Waals surface area contributed by atoms with E-state index >= 15 is 0 Å². The molecule has 0 bridgehead atoms. The summed E-state index contributed by atoms with van der Waals surface area (Å²) in [4.78, 5) is 10.3. The summed E-state index contributed by atoms with van der Waals surface area (Å²) in [6.45, 7) is 1.02. The average Bonchev–Trinajstić information content (AvgIpc) is 2.83. The average molecular weight is 314 g/mol. The zero-order valence-electron chi connectivity index (χ0n) is 10.7. The van der Waals surface area contributed by atoms with Gasteiger partial charge in [0.15, 0.2) is 7.50 Å². The molecule has 1 aromatic rings. The molecule has 1 aliphatic heterocycles. The smallest absolute Gasteiger partial charge is 0.176 e. The van der Waals surface area contributed by atoms with Gasteiger partial charge in [-0.15, -0.1) is 0 Å². The molecule has 104 valence electrons. The van der Waals surface area contributed by atoms with E-state index in [1.54, 1.807) is 0 Å². The number of nitrogens with zero attached hydrogens (tertiary/aromatic N) is 1. The van der Waals surface area contributed by atoms with Crippen LogP contribution in [0.2, 0.25) is 0 Å². The van der Waals surface area contributed by atoms with E-state index < -0.39 is 7.50 Å². The van der Waals surface area contributed by atoms with Crippen molar-refractivity contribution in [3.8, 4) is 0 Å². The highest BCUT2D eigenvalue weighted by atomic mass is 32.7. The number of benzene rings is 1. The van der Waals surface area contributed by atoms with Gasteiger partial charge in [-0.3, -0.25) is 5.50 Å². The first-order chi connectivity index (χ1) is 9.16. The Hall–Kier alpha value is -0.0300. The number of hydrogen-bond acceptors (Lipinski definition) is 5. The van der Waals surface area contributed by atoms with Crippen molar-refractivity contribution in [2.75, 3.05) is 6.54 Å². The van der Waals surface area contributed by atoms with Crippen molar-refractivity contribution in [2.45, 2.75) is 31.7 Å². The first-order valence-electron chi connectivity index (χ1n) is 6.43. The molecule has 1 heterocycles. The van der Waals surface area contributed by atoms with Crippen LogP contribution in [0.25, 0.3) is 0 Å². The van der Waals surface area contributed by atoms with Gasteiger partial charge in [-0.2, -0.15) is 0 Å². The lowest BCUT2D eigenvalue weighted by Crippen LogP contribution is -2.23. The summed E-state index contributed by atoms with van der Waals surface area (Å²) in [6.07, 6.45) is 4.32. The van der Waals surface area contributed by atoms with E-state index in [0.717, 1.165) is 29.8 Å². The molecule has 1 aromatic carbocycles. The molecule has 1 fully saturated rings. The van der Waals surface area contributed by atoms with Gasteiger partial charge in [0.25, 0.3) is 0 Å². The van der Waals surface area contributed by atoms with Crippen LogP contribution in [0.15, 0.2) is 30.3 Å². The standard InChI is InChI=1S/C13H19N2OPS2/c14-17(16)19-15-10-4-7-12(15)8-9-13(18)11-5-2-1-3-6-11/h1-3,5-6,12,16H,4,7-10,14H2. The molecule has 0 saturated carbocycles. The predicted octanol–water partition coefficient (Wildman–Crippen LogP) is 3.48. The van der Waals surface area contributed by atoms with Gasteiger partial charge >= 0.3 is 0 Å². The van der Waals surface area contributed by atoms with Crippen LogP contribution in [0.5, 0.6) is 0 Å². The van der Waals surface area contributed by atoms with Gasteiger partial charge in [0.1, 0.15) is 0 Å². The van der Waals surface area contributed by atoms with Gasteiger partial charge < -0.3 is 4.89 Å². The lowest BCUT2D eigenvalue weighted by molar-refractivity contribution is 0.420. The molecular weight excluding hydrogens is 295 g/mol. The zero-order chi connectivity index (χ0) is 13.7. The molecule has 3 N–H and O–H groups in total. The van der Waals surface area contributed by atoms with Crippen molar-refractivity contribution >= 4 is 36.2 Å². The molecule has 1 saturated heterocycles. The van der Waals surface area contributed by atoms with E-state index in [0.29, 0.717) is 6.04 Å². The molecule has 0 spiro atoms. The SMILES string of the molecule is NP(O)SN1CCCC1CCC(=S)c1ccccc1. The molecule has 2 rings (SSSR count). The fourth-order valence-electron chi connectivity index (χ4n) is 2.38. The van der Waals surface area contributed by atoms with Crippen LogP contribution in [0.4, 0.5) is 0 Å². The normalized spacial score (nSPS) is 21.5. The van der Waals surface area contributed by atoms with Gasteiger partial charge in [0.05, 0.1) is 0 Å². The van der Waals surface area contributed by atoms with Crippen molar-refractivity contribution < 1.29 is 4.89 Å². The Morgan fingerprint density at radius 3 is 2.89 bits per heavy atom. The van der Waals surface area contributed by atoms with E-state index in [1.807, 2.05) is 18.2 Å². The van der Waals surface area contributed by atoms with Crippen molar-refractivity contribution in [2.24, 2.45) is 5.50 Å². The predicted molar refractivity (Wildman–Crippen MR) is 88.0 cm³/mol. The van der Waals surface area contributed by atoms with Gasteiger partial charge in [0, 0.05) is 17.5 Å². The Morgan fingerprint density at radius 1 is 1.47 bits per heavy atom. The minimum Gasteiger partial charge on any atom is -0.351 e.